The molecule has 4 N–H and O–H groups in total. The minimum Gasteiger partial charge on any atom is -0.410 e. The van der Waals surface area contributed by atoms with E-state index in [2.05, 4.69) is 19.6 Å². The van der Waals surface area contributed by atoms with Gasteiger partial charge in [0.25, 0.3) is 11.8 Å². The van der Waals surface area contributed by atoms with E-state index in [4.69, 9.17) is 15.2 Å². The third kappa shape index (κ3) is 3.24. The molecule has 2 rings (SSSR count). The minimum atomic E-state index is -0.847. The van der Waals surface area contributed by atoms with Crippen LogP contribution in [-0.2, 0) is 18.1 Å². The highest BCUT2D eigenvalue weighted by Gasteiger charge is 2.57. The summed E-state index contributed by atoms with van der Waals surface area (Å²) >= 11 is 1.73. The molecule has 12 heteroatoms. The van der Waals surface area contributed by atoms with E-state index in [1.54, 1.807) is 13.8 Å². The number of nitrogens with two attached hydrogens (primary N) is 1. The van der Waals surface area contributed by atoms with Gasteiger partial charge in [-0.2, -0.15) is 9.35 Å². The van der Waals surface area contributed by atoms with Crippen LogP contribution in [0.25, 0.3) is 0 Å². The molecule has 0 bridgehead atoms. The highest BCUT2D eigenvalue weighted by atomic mass is 32.2. The number of β-lactam (4-membered cyclic amide) rings is 1. The van der Waals surface area contributed by atoms with Gasteiger partial charge in [-0.3, -0.25) is 13.8 Å². The molecule has 1 unspecified atom stereocenters. The van der Waals surface area contributed by atoms with Crippen molar-refractivity contribution in [2.24, 2.45) is 5.16 Å². The van der Waals surface area contributed by atoms with Gasteiger partial charge in [-0.1, -0.05) is 5.16 Å². The summed E-state index contributed by atoms with van der Waals surface area (Å²) in [6.07, 6.45) is 0. The first-order chi connectivity index (χ1) is 10.8. The molecule has 1 aliphatic heterocycles. The standard InChI is InChI=1S/C11H15N5O5S2/c1-11(2)7(9(18)16(11)21-23-20-3)14-8(17)6(15-19)5-4-22-10(12)13-5/h4,7,19H,1-3H3,(H2,12,13)(H,14,17)/b15-6-. The van der Waals surface area contributed by atoms with Crippen LogP contribution in [-0.4, -0.2) is 51.5 Å². The van der Waals surface area contributed by atoms with Gasteiger partial charge in [-0.05, 0) is 13.8 Å². The van der Waals surface area contributed by atoms with Crippen LogP contribution in [0.5, 0.6) is 0 Å². The topological polar surface area (TPSA) is 139 Å². The summed E-state index contributed by atoms with van der Waals surface area (Å²) in [5, 5.41) is 17.3. The molecule has 0 radical (unpaired) electrons. The summed E-state index contributed by atoms with van der Waals surface area (Å²) in [4.78, 5) is 28.1. The number of amides is 2. The zero-order chi connectivity index (χ0) is 17.2. The summed E-state index contributed by atoms with van der Waals surface area (Å²) in [5.74, 6) is -1.20. The van der Waals surface area contributed by atoms with Gasteiger partial charge in [0, 0.05) is 5.38 Å². The van der Waals surface area contributed by atoms with Crippen LogP contribution in [0.1, 0.15) is 19.5 Å². The van der Waals surface area contributed by atoms with Crippen molar-refractivity contribution < 1.29 is 23.3 Å². The molecule has 1 aromatic rings. The monoisotopic (exact) mass is 361 g/mol. The van der Waals surface area contributed by atoms with Crippen molar-refractivity contribution in [3.63, 3.8) is 0 Å². The molecule has 1 fully saturated rings. The number of carbonyl (C=O) groups is 2. The lowest BCUT2D eigenvalue weighted by atomic mass is 9.84. The van der Waals surface area contributed by atoms with Gasteiger partial charge in [0.1, 0.15) is 11.7 Å². The summed E-state index contributed by atoms with van der Waals surface area (Å²) in [5.41, 5.74) is 4.48. The molecule has 10 nitrogen and oxygen atoms in total. The van der Waals surface area contributed by atoms with Crippen molar-refractivity contribution >= 4 is 46.3 Å². The highest BCUT2D eigenvalue weighted by Crippen LogP contribution is 2.34. The maximum atomic E-state index is 12.2. The second kappa shape index (κ2) is 6.70. The Balaban J connectivity index is 2.07. The Morgan fingerprint density at radius 3 is 2.83 bits per heavy atom. The Morgan fingerprint density at radius 1 is 1.65 bits per heavy atom. The molecule has 0 aliphatic carbocycles. The summed E-state index contributed by atoms with van der Waals surface area (Å²) < 4.78 is 9.73. The second-order valence-corrected chi connectivity index (χ2v) is 6.53. The maximum Gasteiger partial charge on any atom is 0.276 e. The summed E-state index contributed by atoms with van der Waals surface area (Å²) in [6, 6.07) is -0.847. The molecule has 1 atom stereocenters. The number of hydrogen-bond donors (Lipinski definition) is 3. The molecule has 126 valence electrons. The van der Waals surface area contributed by atoms with E-state index in [1.807, 2.05) is 0 Å². The van der Waals surface area contributed by atoms with Crippen LogP contribution >= 0.6 is 23.7 Å². The molecule has 0 aromatic carbocycles. The lowest BCUT2D eigenvalue weighted by molar-refractivity contribution is -0.214. The fourth-order valence-corrected chi connectivity index (χ4v) is 2.93. The zero-order valence-electron chi connectivity index (χ0n) is 12.5. The van der Waals surface area contributed by atoms with Crippen LogP contribution in [0, 0.1) is 0 Å². The van der Waals surface area contributed by atoms with Crippen molar-refractivity contribution in [2.75, 3.05) is 12.8 Å². The molecule has 2 amide bonds. The largest absolute Gasteiger partial charge is 0.410 e. The first kappa shape index (κ1) is 17.5. The molecule has 1 saturated heterocycles. The number of anilines is 1. The molecule has 2 heterocycles. The fraction of sp³-hybridized carbons (Fsp3) is 0.455. The van der Waals surface area contributed by atoms with Gasteiger partial charge in [0.05, 0.1) is 12.6 Å². The Labute approximate surface area is 140 Å². The van der Waals surface area contributed by atoms with E-state index in [-0.39, 0.29) is 16.5 Å². The number of aromatic nitrogens is 1. The third-order valence-electron chi connectivity index (χ3n) is 3.21. The number of rotatable bonds is 6. The maximum absolute atomic E-state index is 12.2. The van der Waals surface area contributed by atoms with Crippen molar-refractivity contribution in [1.29, 1.82) is 0 Å². The SMILES string of the molecule is COSON1C(=O)C(NC(=O)/C(=N\O)c2csc(N)n2)C1(C)C. The van der Waals surface area contributed by atoms with E-state index in [1.165, 1.54) is 12.5 Å². The fourth-order valence-electron chi connectivity index (χ4n) is 2.00. The van der Waals surface area contributed by atoms with E-state index < -0.39 is 23.4 Å². The highest BCUT2D eigenvalue weighted by molar-refractivity contribution is 7.89. The summed E-state index contributed by atoms with van der Waals surface area (Å²) in [6.45, 7) is 3.40. The van der Waals surface area contributed by atoms with Crippen molar-refractivity contribution in [3.8, 4) is 0 Å². The Kier molecular flexibility index (Phi) is 5.09. The normalized spacial score (nSPS) is 20.3. The first-order valence-electron chi connectivity index (χ1n) is 6.28. The number of thiazole rings is 1. The quantitative estimate of drug-likeness (QED) is 0.214. The van der Waals surface area contributed by atoms with E-state index in [0.717, 1.165) is 16.4 Å². The van der Waals surface area contributed by atoms with Gasteiger partial charge >= 0.3 is 0 Å². The van der Waals surface area contributed by atoms with Gasteiger partial charge < -0.3 is 16.3 Å². The van der Waals surface area contributed by atoms with Crippen LogP contribution in [0.2, 0.25) is 0 Å². The number of hydrogen-bond acceptors (Lipinski definition) is 10. The van der Waals surface area contributed by atoms with Crippen LogP contribution in [0.3, 0.4) is 0 Å². The number of hydroxylamine groups is 2. The molecule has 0 spiro atoms. The van der Waals surface area contributed by atoms with Crippen LogP contribution in [0.15, 0.2) is 10.5 Å². The third-order valence-corrected chi connectivity index (χ3v) is 4.22. The van der Waals surface area contributed by atoms with E-state index in [0.29, 0.717) is 12.3 Å². The second-order valence-electron chi connectivity index (χ2n) is 5.02. The average Bonchev–Trinajstić information content (AvgIpc) is 2.92. The molecule has 0 saturated carbocycles. The van der Waals surface area contributed by atoms with E-state index in [9.17, 15) is 9.59 Å². The summed E-state index contributed by atoms with van der Waals surface area (Å²) in [7, 11) is 1.39. The number of nitrogens with one attached hydrogen (secondary N) is 1. The molecule has 1 aliphatic rings. The van der Waals surface area contributed by atoms with Gasteiger partial charge in [0.15, 0.2) is 23.2 Å². The number of nitrogen functional groups attached to an aromatic ring is 1. The molecule has 23 heavy (non-hydrogen) atoms. The molecular formula is C11H15N5O5S2. The first-order valence-corrected chi connectivity index (χ1v) is 7.83. The molecular weight excluding hydrogens is 346 g/mol. The smallest absolute Gasteiger partial charge is 0.276 e. The number of nitrogens with zero attached hydrogens (tertiary/aromatic N) is 3. The van der Waals surface area contributed by atoms with Gasteiger partial charge in [-0.15, -0.1) is 11.3 Å². The van der Waals surface area contributed by atoms with Gasteiger partial charge in [0.2, 0.25) is 0 Å². The zero-order valence-corrected chi connectivity index (χ0v) is 14.1. The predicted molar refractivity (Wildman–Crippen MR) is 83.4 cm³/mol. The predicted octanol–water partition coefficient (Wildman–Crippen LogP) is 0.150. The minimum absolute atomic E-state index is 0.125. The Hall–Kier alpha value is -1.89. The van der Waals surface area contributed by atoms with Crippen molar-refractivity contribution in [3.05, 3.63) is 11.1 Å². The number of oxime groups is 1. The lowest BCUT2D eigenvalue weighted by Crippen LogP contribution is -2.76. The van der Waals surface area contributed by atoms with Crippen LogP contribution in [0.4, 0.5) is 5.13 Å². The lowest BCUT2D eigenvalue weighted by Gasteiger charge is -2.50. The average molecular weight is 361 g/mol. The van der Waals surface area contributed by atoms with E-state index >= 15 is 0 Å². The Morgan fingerprint density at radius 2 is 2.35 bits per heavy atom. The Bertz CT molecular complexity index is 647. The van der Waals surface area contributed by atoms with Crippen LogP contribution < -0.4 is 11.1 Å². The number of carbonyl (C=O) groups excluding carboxylic acids is 2. The van der Waals surface area contributed by atoms with Crippen molar-refractivity contribution in [1.82, 2.24) is 15.4 Å². The molecule has 1 aromatic heterocycles. The van der Waals surface area contributed by atoms with Crippen molar-refractivity contribution in [2.45, 2.75) is 25.4 Å². The van der Waals surface area contributed by atoms with Gasteiger partial charge in [-0.25, -0.2) is 4.98 Å².